The fourth-order valence-corrected chi connectivity index (χ4v) is 8.05. The topological polar surface area (TPSA) is 73.0 Å². The zero-order chi connectivity index (χ0) is 28.6. The molecule has 3 aliphatic rings. The first-order valence-corrected chi connectivity index (χ1v) is 15.5. The van der Waals surface area contributed by atoms with Gasteiger partial charge in [-0.25, -0.2) is 4.79 Å². The number of urea groups is 1. The van der Waals surface area contributed by atoms with Crippen LogP contribution < -0.4 is 5.32 Å². The average molecular weight is 563 g/mol. The first-order valence-electron chi connectivity index (χ1n) is 14.6. The monoisotopic (exact) mass is 562 g/mol. The van der Waals surface area contributed by atoms with Crippen molar-refractivity contribution in [2.45, 2.75) is 83.5 Å². The molecule has 0 aliphatic carbocycles. The minimum Gasteiger partial charge on any atom is -0.342 e. The third kappa shape index (κ3) is 5.87. The van der Waals surface area contributed by atoms with E-state index in [0.717, 1.165) is 30.5 Å². The van der Waals surface area contributed by atoms with E-state index in [2.05, 4.69) is 52.1 Å². The average Bonchev–Trinajstić information content (AvgIpc) is 3.20. The highest BCUT2D eigenvalue weighted by atomic mass is 32.2. The number of fused-ring (bicyclic) bond motifs is 1. The van der Waals surface area contributed by atoms with Crippen LogP contribution >= 0.6 is 11.8 Å². The smallest absolute Gasteiger partial charge is 0.322 e. The van der Waals surface area contributed by atoms with E-state index in [1.165, 1.54) is 22.3 Å². The van der Waals surface area contributed by atoms with Crippen LogP contribution in [0.15, 0.2) is 36.4 Å². The Labute approximate surface area is 242 Å². The summed E-state index contributed by atoms with van der Waals surface area (Å²) in [5.41, 5.74) is 6.85. The van der Waals surface area contributed by atoms with Gasteiger partial charge >= 0.3 is 6.03 Å². The number of carbonyl (C=O) groups is 3. The molecular formula is C32H42N4O3S. The summed E-state index contributed by atoms with van der Waals surface area (Å²) in [5, 5.41) is 2.58. The van der Waals surface area contributed by atoms with Gasteiger partial charge in [0.15, 0.2) is 0 Å². The van der Waals surface area contributed by atoms with Crippen LogP contribution in [0.2, 0.25) is 0 Å². The standard InChI is InChI=1S/C32H42N4O3S/c1-20(2)10-15-35-30(38)27(40-31(35)29-22(4)16-21(3)17-23(29)5)18-28(37)34-13-11-25(12-14-34)36-19-24-8-6-7-9-26(24)33-32(36)39/h6-9,16-17,20,25,27,31H,10-15,18-19H2,1-5H3,(H,33,39). The van der Waals surface area contributed by atoms with E-state index in [-0.39, 0.29) is 40.9 Å². The zero-order valence-corrected chi connectivity index (χ0v) is 25.2. The second-order valence-electron chi connectivity index (χ2n) is 12.0. The molecule has 0 saturated carbocycles. The van der Waals surface area contributed by atoms with Crippen LogP contribution in [0, 0.1) is 26.7 Å². The largest absolute Gasteiger partial charge is 0.342 e. The number of thioether (sulfide) groups is 1. The Morgan fingerprint density at radius 1 is 1.05 bits per heavy atom. The Bertz CT molecular complexity index is 1260. The molecule has 2 fully saturated rings. The number of hydrogen-bond donors (Lipinski definition) is 1. The number of piperidine rings is 1. The predicted molar refractivity (Wildman–Crippen MR) is 161 cm³/mol. The van der Waals surface area contributed by atoms with Crippen LogP contribution in [0.25, 0.3) is 0 Å². The second-order valence-corrected chi connectivity index (χ2v) is 13.3. The summed E-state index contributed by atoms with van der Waals surface area (Å²) in [6.07, 6.45) is 2.66. The van der Waals surface area contributed by atoms with Gasteiger partial charge in [-0.2, -0.15) is 0 Å². The lowest BCUT2D eigenvalue weighted by Gasteiger charge is -2.40. The molecule has 1 N–H and O–H groups in total. The van der Waals surface area contributed by atoms with Crippen LogP contribution in [-0.4, -0.2) is 63.5 Å². The number of benzene rings is 2. The fourth-order valence-electron chi connectivity index (χ4n) is 6.38. The van der Waals surface area contributed by atoms with Gasteiger partial charge in [0.05, 0.1) is 5.25 Å². The number of nitrogens with zero attached hydrogens (tertiary/aromatic N) is 3. The minimum atomic E-state index is -0.369. The summed E-state index contributed by atoms with van der Waals surface area (Å²) in [5.74, 6) is 0.623. The summed E-state index contributed by atoms with van der Waals surface area (Å²) in [6.45, 7) is 13.2. The van der Waals surface area contributed by atoms with Crippen molar-refractivity contribution in [3.05, 3.63) is 64.2 Å². The molecule has 2 unspecified atom stereocenters. The van der Waals surface area contributed by atoms with Gasteiger partial charge in [0, 0.05) is 44.3 Å². The Hall–Kier alpha value is -3.00. The van der Waals surface area contributed by atoms with E-state index < -0.39 is 0 Å². The maximum Gasteiger partial charge on any atom is 0.322 e. The van der Waals surface area contributed by atoms with Gasteiger partial charge in [0.2, 0.25) is 11.8 Å². The molecule has 2 aromatic carbocycles. The second kappa shape index (κ2) is 11.9. The summed E-state index contributed by atoms with van der Waals surface area (Å²) >= 11 is 1.64. The Kier molecular flexibility index (Phi) is 8.45. The third-order valence-corrected chi connectivity index (χ3v) is 9.99. The number of aryl methyl sites for hydroxylation is 3. The Morgan fingerprint density at radius 3 is 2.40 bits per heavy atom. The zero-order valence-electron chi connectivity index (χ0n) is 24.4. The third-order valence-electron chi connectivity index (χ3n) is 8.55. The number of nitrogens with one attached hydrogen (secondary N) is 1. The number of anilines is 1. The Balaban J connectivity index is 1.23. The number of amides is 4. The minimum absolute atomic E-state index is 0.0413. The summed E-state index contributed by atoms with van der Waals surface area (Å²) in [4.78, 5) is 45.7. The lowest BCUT2D eigenvalue weighted by molar-refractivity contribution is -0.137. The number of carbonyl (C=O) groups excluding carboxylic acids is 3. The molecule has 0 aromatic heterocycles. The highest BCUT2D eigenvalue weighted by molar-refractivity contribution is 8.01. The number of hydrogen-bond acceptors (Lipinski definition) is 4. The lowest BCUT2D eigenvalue weighted by Crippen LogP contribution is -2.51. The highest BCUT2D eigenvalue weighted by Gasteiger charge is 2.43. The van der Waals surface area contributed by atoms with Crippen LogP contribution in [0.4, 0.5) is 10.5 Å². The van der Waals surface area contributed by atoms with Crippen molar-refractivity contribution in [1.29, 1.82) is 0 Å². The maximum absolute atomic E-state index is 13.7. The number of likely N-dealkylation sites (tertiary alicyclic amines) is 1. The van der Waals surface area contributed by atoms with Crippen LogP contribution in [0.1, 0.15) is 72.7 Å². The molecule has 7 nitrogen and oxygen atoms in total. The van der Waals surface area contributed by atoms with Gasteiger partial charge in [-0.3, -0.25) is 9.59 Å². The van der Waals surface area contributed by atoms with Crippen molar-refractivity contribution in [3.63, 3.8) is 0 Å². The molecule has 0 bridgehead atoms. The van der Waals surface area contributed by atoms with Crippen molar-refractivity contribution in [3.8, 4) is 0 Å². The molecule has 3 heterocycles. The number of rotatable bonds is 7. The van der Waals surface area contributed by atoms with Crippen molar-refractivity contribution in [1.82, 2.24) is 14.7 Å². The predicted octanol–water partition coefficient (Wildman–Crippen LogP) is 6.03. The van der Waals surface area contributed by atoms with Gasteiger partial charge in [-0.15, -0.1) is 11.8 Å². The van der Waals surface area contributed by atoms with Gasteiger partial charge in [-0.05, 0) is 74.3 Å². The summed E-state index contributed by atoms with van der Waals surface area (Å²) in [6, 6.07) is 12.3. The molecule has 214 valence electrons. The van der Waals surface area contributed by atoms with Gasteiger partial charge < -0.3 is 20.0 Å². The van der Waals surface area contributed by atoms with Crippen molar-refractivity contribution < 1.29 is 14.4 Å². The molecule has 40 heavy (non-hydrogen) atoms. The van der Waals surface area contributed by atoms with Crippen LogP contribution in [0.3, 0.4) is 0 Å². The SMILES string of the molecule is Cc1cc(C)c(C2SC(CC(=O)N3CCC(N4Cc5ccccc5NC4=O)CC3)C(=O)N2CCC(C)C)c(C)c1. The molecule has 0 spiro atoms. The molecule has 3 aliphatic heterocycles. The Morgan fingerprint density at radius 2 is 1.73 bits per heavy atom. The maximum atomic E-state index is 13.7. The normalized spacial score (nSPS) is 21.7. The molecule has 5 rings (SSSR count). The van der Waals surface area contributed by atoms with E-state index in [9.17, 15) is 14.4 Å². The quantitative estimate of drug-likeness (QED) is 0.447. The summed E-state index contributed by atoms with van der Waals surface area (Å²) < 4.78 is 0. The first-order chi connectivity index (χ1) is 19.1. The molecule has 2 saturated heterocycles. The van der Waals surface area contributed by atoms with Crippen molar-refractivity contribution in [2.75, 3.05) is 25.0 Å². The summed E-state index contributed by atoms with van der Waals surface area (Å²) in [7, 11) is 0. The van der Waals surface area contributed by atoms with E-state index in [1.54, 1.807) is 11.8 Å². The fraction of sp³-hybridized carbons (Fsp3) is 0.531. The van der Waals surface area contributed by atoms with Gasteiger partial charge in [0.1, 0.15) is 5.37 Å². The van der Waals surface area contributed by atoms with Crippen LogP contribution in [0.5, 0.6) is 0 Å². The van der Waals surface area contributed by atoms with Gasteiger partial charge in [-0.1, -0.05) is 49.7 Å². The molecule has 4 amide bonds. The van der Waals surface area contributed by atoms with Crippen molar-refractivity contribution >= 4 is 35.3 Å². The van der Waals surface area contributed by atoms with E-state index >= 15 is 0 Å². The molecule has 8 heteroatoms. The highest BCUT2D eigenvalue weighted by Crippen LogP contribution is 2.47. The van der Waals surface area contributed by atoms with E-state index in [1.807, 2.05) is 39.0 Å². The number of para-hydroxylation sites is 1. The molecule has 2 aromatic rings. The molecule has 2 atom stereocenters. The van der Waals surface area contributed by atoms with Crippen LogP contribution in [-0.2, 0) is 16.1 Å². The van der Waals surface area contributed by atoms with Gasteiger partial charge in [0.25, 0.3) is 0 Å². The van der Waals surface area contributed by atoms with Crippen molar-refractivity contribution in [2.24, 2.45) is 5.92 Å². The van der Waals surface area contributed by atoms with E-state index in [0.29, 0.717) is 32.1 Å². The molecule has 0 radical (unpaired) electrons. The van der Waals surface area contributed by atoms with E-state index in [4.69, 9.17) is 0 Å². The first kappa shape index (κ1) is 28.5. The molecular weight excluding hydrogens is 520 g/mol. The lowest BCUT2D eigenvalue weighted by atomic mass is 9.98.